The number of halogens is 6. The number of rotatable bonds is 10. The second-order valence-electron chi connectivity index (χ2n) is 6.50. The second-order valence-corrected chi connectivity index (χ2v) is 8.67. The first kappa shape index (κ1) is 26.2. The van der Waals surface area contributed by atoms with Gasteiger partial charge >= 0.3 is 11.0 Å². The lowest BCUT2D eigenvalue weighted by molar-refractivity contribution is -0.121. The third-order valence-corrected chi connectivity index (χ3v) is 6.20. The van der Waals surface area contributed by atoms with E-state index in [0.717, 1.165) is 0 Å². The number of alkyl halides is 6. The van der Waals surface area contributed by atoms with E-state index in [4.69, 9.17) is 9.47 Å². The SMILES string of the molecule is COc1ccccc1C(CSC(F)(F)F)C(=O)C(CSC(F)(F)F)c1ccccc1OC. The summed E-state index contributed by atoms with van der Waals surface area (Å²) in [5, 5.41) is 0. The first-order valence-corrected chi connectivity index (χ1v) is 11.1. The van der Waals surface area contributed by atoms with E-state index in [1.165, 1.54) is 50.6 Å². The summed E-state index contributed by atoms with van der Waals surface area (Å²) >= 11 is -0.813. The molecule has 0 bridgehead atoms. The van der Waals surface area contributed by atoms with E-state index >= 15 is 0 Å². The molecular weight excluding hydrogens is 478 g/mol. The summed E-state index contributed by atoms with van der Waals surface area (Å²) in [6.07, 6.45) is 0. The van der Waals surface area contributed by atoms with Crippen LogP contribution in [0.2, 0.25) is 0 Å². The fourth-order valence-electron chi connectivity index (χ4n) is 3.16. The molecule has 0 amide bonds. The van der Waals surface area contributed by atoms with E-state index < -0.39 is 63.7 Å². The van der Waals surface area contributed by atoms with Gasteiger partial charge in [0.15, 0.2) is 0 Å². The topological polar surface area (TPSA) is 35.5 Å². The Balaban J connectivity index is 2.54. The molecule has 0 spiro atoms. The Bertz CT molecular complexity index is 830. The number of Topliss-reactive ketones (excluding diaryl/α,β-unsaturated/α-hetero) is 1. The van der Waals surface area contributed by atoms with Crippen LogP contribution in [0.25, 0.3) is 0 Å². The largest absolute Gasteiger partial charge is 0.496 e. The van der Waals surface area contributed by atoms with Crippen LogP contribution < -0.4 is 9.47 Å². The van der Waals surface area contributed by atoms with Crippen molar-refractivity contribution >= 4 is 29.3 Å². The Kier molecular flexibility index (Phi) is 9.20. The molecule has 2 unspecified atom stereocenters. The molecule has 11 heteroatoms. The van der Waals surface area contributed by atoms with E-state index in [-0.39, 0.29) is 22.6 Å². The zero-order valence-corrected chi connectivity index (χ0v) is 18.6. The van der Waals surface area contributed by atoms with Crippen molar-refractivity contribution in [3.05, 3.63) is 59.7 Å². The quantitative estimate of drug-likeness (QED) is 0.343. The lowest BCUT2D eigenvalue weighted by Crippen LogP contribution is -2.27. The number of methoxy groups -OCH3 is 2. The van der Waals surface area contributed by atoms with Gasteiger partial charge in [-0.3, -0.25) is 4.79 Å². The van der Waals surface area contributed by atoms with Gasteiger partial charge in [-0.15, -0.1) is 0 Å². The Morgan fingerprint density at radius 3 is 1.41 bits per heavy atom. The number of hydrogen-bond donors (Lipinski definition) is 0. The first-order chi connectivity index (χ1) is 15.0. The van der Waals surface area contributed by atoms with Crippen LogP contribution in [0.4, 0.5) is 26.3 Å². The van der Waals surface area contributed by atoms with Gasteiger partial charge in [0, 0.05) is 22.6 Å². The first-order valence-electron chi connectivity index (χ1n) is 9.17. The van der Waals surface area contributed by atoms with Gasteiger partial charge in [-0.05, 0) is 35.7 Å². The van der Waals surface area contributed by atoms with Crippen LogP contribution in [0.15, 0.2) is 48.5 Å². The average Bonchev–Trinajstić information content (AvgIpc) is 2.73. The molecule has 2 rings (SSSR count). The standard InChI is InChI=1S/C21H20F6O3S2/c1-29-17-9-5-3-7-13(17)15(11-31-20(22,23)24)19(28)16(12-32-21(25,26)27)14-8-4-6-10-18(14)30-2/h3-10,15-16H,11-12H2,1-2H3. The van der Waals surface area contributed by atoms with Crippen molar-refractivity contribution in [3.63, 3.8) is 0 Å². The Morgan fingerprint density at radius 1 is 0.750 bits per heavy atom. The van der Waals surface area contributed by atoms with Crippen molar-refractivity contribution in [1.82, 2.24) is 0 Å². The molecule has 2 atom stereocenters. The number of ether oxygens (including phenoxy) is 2. The summed E-state index contributed by atoms with van der Waals surface area (Å²) in [5.41, 5.74) is -8.90. The van der Waals surface area contributed by atoms with Gasteiger partial charge in [0.2, 0.25) is 0 Å². The monoisotopic (exact) mass is 498 g/mol. The van der Waals surface area contributed by atoms with Crippen molar-refractivity contribution in [2.24, 2.45) is 0 Å². The molecule has 0 aliphatic carbocycles. The van der Waals surface area contributed by atoms with E-state index in [0.29, 0.717) is 0 Å². The van der Waals surface area contributed by atoms with Crippen molar-refractivity contribution in [2.75, 3.05) is 25.7 Å². The summed E-state index contributed by atoms with van der Waals surface area (Å²) in [4.78, 5) is 13.5. The third-order valence-electron chi connectivity index (χ3n) is 4.54. The Morgan fingerprint density at radius 2 is 1.09 bits per heavy atom. The van der Waals surface area contributed by atoms with Gasteiger partial charge in [0.25, 0.3) is 0 Å². The van der Waals surface area contributed by atoms with Crippen LogP contribution in [0.3, 0.4) is 0 Å². The molecule has 0 aliphatic heterocycles. The van der Waals surface area contributed by atoms with Crippen LogP contribution in [0, 0.1) is 0 Å². The predicted molar refractivity (Wildman–Crippen MR) is 114 cm³/mol. The second kappa shape index (κ2) is 11.2. The van der Waals surface area contributed by atoms with Crippen molar-refractivity contribution in [2.45, 2.75) is 22.9 Å². The van der Waals surface area contributed by atoms with Crippen molar-refractivity contribution < 1.29 is 40.6 Å². The minimum atomic E-state index is -4.62. The predicted octanol–water partition coefficient (Wildman–Crippen LogP) is 6.65. The smallest absolute Gasteiger partial charge is 0.441 e. The zero-order chi connectivity index (χ0) is 23.9. The number of carbonyl (C=O) groups excluding carboxylic acids is 1. The zero-order valence-electron chi connectivity index (χ0n) is 17.0. The van der Waals surface area contributed by atoms with Crippen LogP contribution in [0.1, 0.15) is 23.0 Å². The highest BCUT2D eigenvalue weighted by Crippen LogP contribution is 2.43. The molecule has 0 fully saturated rings. The molecule has 176 valence electrons. The molecule has 32 heavy (non-hydrogen) atoms. The van der Waals surface area contributed by atoms with Crippen molar-refractivity contribution in [1.29, 1.82) is 0 Å². The highest BCUT2D eigenvalue weighted by Gasteiger charge is 2.39. The summed E-state index contributed by atoms with van der Waals surface area (Å²) in [6.45, 7) is 0. The number of hydrogen-bond acceptors (Lipinski definition) is 5. The molecular formula is C21H20F6O3S2. The highest BCUT2D eigenvalue weighted by atomic mass is 32.2. The van der Waals surface area contributed by atoms with Gasteiger partial charge in [-0.1, -0.05) is 36.4 Å². The van der Waals surface area contributed by atoms with E-state index in [1.54, 1.807) is 12.1 Å². The van der Waals surface area contributed by atoms with Crippen LogP contribution in [-0.2, 0) is 4.79 Å². The number of benzene rings is 2. The van der Waals surface area contributed by atoms with Gasteiger partial charge in [0.05, 0.1) is 26.1 Å². The van der Waals surface area contributed by atoms with Crippen LogP contribution >= 0.6 is 23.5 Å². The molecule has 0 aromatic heterocycles. The molecule has 2 aromatic rings. The van der Waals surface area contributed by atoms with E-state index in [2.05, 4.69) is 0 Å². The Labute approximate surface area is 189 Å². The lowest BCUT2D eigenvalue weighted by Gasteiger charge is -2.26. The minimum absolute atomic E-state index is 0.175. The van der Waals surface area contributed by atoms with Crippen molar-refractivity contribution in [3.8, 4) is 11.5 Å². The van der Waals surface area contributed by atoms with Crippen LogP contribution in [0.5, 0.6) is 11.5 Å². The number of ketones is 1. The van der Waals surface area contributed by atoms with Gasteiger partial charge < -0.3 is 9.47 Å². The normalized spacial score (nSPS) is 14.0. The average molecular weight is 499 g/mol. The Hall–Kier alpha value is -2.01. The van der Waals surface area contributed by atoms with Gasteiger partial charge in [-0.2, -0.15) is 26.3 Å². The molecule has 0 saturated carbocycles. The summed E-state index contributed by atoms with van der Waals surface area (Å²) in [5.74, 6) is -4.56. The molecule has 0 N–H and O–H groups in total. The fourth-order valence-corrected chi connectivity index (χ4v) is 4.56. The third kappa shape index (κ3) is 7.54. The number of para-hydroxylation sites is 2. The maximum absolute atomic E-state index is 13.5. The molecule has 2 aromatic carbocycles. The molecule has 3 nitrogen and oxygen atoms in total. The number of carbonyl (C=O) groups is 1. The summed E-state index contributed by atoms with van der Waals surface area (Å²) < 4.78 is 88.2. The molecule has 0 heterocycles. The van der Waals surface area contributed by atoms with E-state index in [9.17, 15) is 31.1 Å². The molecule has 0 radical (unpaired) electrons. The van der Waals surface area contributed by atoms with Crippen LogP contribution in [-0.4, -0.2) is 42.5 Å². The molecule has 0 saturated heterocycles. The highest BCUT2D eigenvalue weighted by molar-refractivity contribution is 8.00. The summed E-state index contributed by atoms with van der Waals surface area (Å²) in [6, 6.07) is 12.1. The maximum atomic E-state index is 13.5. The molecule has 0 aliphatic rings. The summed E-state index contributed by atoms with van der Waals surface area (Å²) in [7, 11) is 2.60. The fraction of sp³-hybridized carbons (Fsp3) is 0.381. The minimum Gasteiger partial charge on any atom is -0.496 e. The lowest BCUT2D eigenvalue weighted by atomic mass is 9.85. The van der Waals surface area contributed by atoms with E-state index in [1.807, 2.05) is 0 Å². The number of thioether (sulfide) groups is 2. The van der Waals surface area contributed by atoms with Gasteiger partial charge in [0.1, 0.15) is 17.3 Å². The van der Waals surface area contributed by atoms with Gasteiger partial charge in [-0.25, -0.2) is 0 Å². The maximum Gasteiger partial charge on any atom is 0.441 e.